The van der Waals surface area contributed by atoms with E-state index in [4.69, 9.17) is 9.73 Å². The minimum absolute atomic E-state index is 0. The normalized spacial score (nSPS) is 18.4. The molecule has 2 rings (SSSR count). The van der Waals surface area contributed by atoms with Crippen LogP contribution in [0.1, 0.15) is 31.0 Å². The Morgan fingerprint density at radius 2 is 2.36 bits per heavy atom. The van der Waals surface area contributed by atoms with E-state index in [-0.39, 0.29) is 24.0 Å². The molecule has 0 radical (unpaired) electrons. The van der Waals surface area contributed by atoms with Crippen LogP contribution in [0.4, 0.5) is 0 Å². The molecule has 1 N–H and O–H groups in total. The molecule has 22 heavy (non-hydrogen) atoms. The van der Waals surface area contributed by atoms with Gasteiger partial charge < -0.3 is 15.0 Å². The fourth-order valence-corrected chi connectivity index (χ4v) is 3.30. The topological polar surface area (TPSA) is 49.8 Å². The predicted molar refractivity (Wildman–Crippen MR) is 103 cm³/mol. The van der Waals surface area contributed by atoms with Gasteiger partial charge in [-0.25, -0.2) is 9.98 Å². The third-order valence-electron chi connectivity index (χ3n) is 3.62. The first-order chi connectivity index (χ1) is 10.3. The van der Waals surface area contributed by atoms with E-state index in [1.807, 2.05) is 0 Å². The summed E-state index contributed by atoms with van der Waals surface area (Å²) >= 11 is 1.72. The maximum absolute atomic E-state index is 5.26. The van der Waals surface area contributed by atoms with Crippen molar-refractivity contribution in [2.75, 3.05) is 33.4 Å². The lowest BCUT2D eigenvalue weighted by Crippen LogP contribution is -2.40. The fourth-order valence-electron chi connectivity index (χ4n) is 2.56. The summed E-state index contributed by atoms with van der Waals surface area (Å²) in [6.45, 7) is 8.70. The SMILES string of the molecule is CCNC(=NCc1csc(CC)n1)N1CCC(COC)C1.I. The summed E-state index contributed by atoms with van der Waals surface area (Å²) < 4.78 is 5.26. The molecule has 1 aliphatic rings. The van der Waals surface area contributed by atoms with E-state index in [9.17, 15) is 0 Å². The number of nitrogens with zero attached hydrogens (tertiary/aromatic N) is 3. The van der Waals surface area contributed by atoms with Gasteiger partial charge in [0.15, 0.2) is 5.96 Å². The third kappa shape index (κ3) is 5.66. The number of hydrogen-bond donors (Lipinski definition) is 1. The number of rotatable bonds is 6. The summed E-state index contributed by atoms with van der Waals surface area (Å²) in [5.41, 5.74) is 1.07. The molecule has 1 atom stereocenters. The number of thiazole rings is 1. The number of ether oxygens (including phenoxy) is 1. The van der Waals surface area contributed by atoms with Crippen LogP contribution < -0.4 is 5.32 Å². The van der Waals surface area contributed by atoms with Crippen LogP contribution in [0.2, 0.25) is 0 Å². The Morgan fingerprint density at radius 3 is 3.00 bits per heavy atom. The maximum Gasteiger partial charge on any atom is 0.194 e. The van der Waals surface area contributed by atoms with Crippen molar-refractivity contribution < 1.29 is 4.74 Å². The van der Waals surface area contributed by atoms with Gasteiger partial charge in [-0.1, -0.05) is 6.92 Å². The Bertz CT molecular complexity index is 466. The van der Waals surface area contributed by atoms with Gasteiger partial charge in [-0.2, -0.15) is 0 Å². The molecule has 1 fully saturated rings. The fraction of sp³-hybridized carbons (Fsp3) is 0.733. The van der Waals surface area contributed by atoms with E-state index < -0.39 is 0 Å². The Morgan fingerprint density at radius 1 is 1.55 bits per heavy atom. The second-order valence-corrected chi connectivity index (χ2v) is 6.26. The van der Waals surface area contributed by atoms with Crippen LogP contribution in [0.15, 0.2) is 10.4 Å². The van der Waals surface area contributed by atoms with Gasteiger partial charge in [0.1, 0.15) is 0 Å². The molecule has 126 valence electrons. The number of aryl methyl sites for hydroxylation is 1. The number of methoxy groups -OCH3 is 1. The van der Waals surface area contributed by atoms with Gasteiger partial charge in [0.2, 0.25) is 0 Å². The Balaban J connectivity index is 0.00000242. The average molecular weight is 438 g/mol. The molecule has 1 unspecified atom stereocenters. The quantitative estimate of drug-likeness (QED) is 0.422. The number of halogens is 1. The average Bonchev–Trinajstić information content (AvgIpc) is 3.13. The molecule has 0 bridgehead atoms. The minimum atomic E-state index is 0. The summed E-state index contributed by atoms with van der Waals surface area (Å²) in [6, 6.07) is 0. The summed E-state index contributed by atoms with van der Waals surface area (Å²) in [6.07, 6.45) is 2.17. The van der Waals surface area contributed by atoms with Crippen molar-refractivity contribution in [3.63, 3.8) is 0 Å². The first-order valence-electron chi connectivity index (χ1n) is 7.72. The van der Waals surface area contributed by atoms with Gasteiger partial charge in [0.05, 0.1) is 23.9 Å². The summed E-state index contributed by atoms with van der Waals surface area (Å²) in [7, 11) is 1.77. The Kier molecular flexibility index (Phi) is 9.27. The number of likely N-dealkylation sites (tertiary alicyclic amines) is 1. The van der Waals surface area contributed by atoms with Gasteiger partial charge in [0, 0.05) is 38.0 Å². The summed E-state index contributed by atoms with van der Waals surface area (Å²) in [5, 5.41) is 6.69. The highest BCUT2D eigenvalue weighted by atomic mass is 127. The molecule has 0 spiro atoms. The summed E-state index contributed by atoms with van der Waals surface area (Å²) in [5.74, 6) is 1.62. The van der Waals surface area contributed by atoms with Crippen molar-refractivity contribution in [3.8, 4) is 0 Å². The van der Waals surface area contributed by atoms with E-state index in [0.29, 0.717) is 12.5 Å². The van der Waals surface area contributed by atoms with Crippen molar-refractivity contribution in [3.05, 3.63) is 16.1 Å². The molecule has 2 heterocycles. The van der Waals surface area contributed by atoms with Crippen LogP contribution in [0.5, 0.6) is 0 Å². The lowest BCUT2D eigenvalue weighted by Gasteiger charge is -2.21. The van der Waals surface area contributed by atoms with Gasteiger partial charge in [-0.05, 0) is 19.8 Å². The van der Waals surface area contributed by atoms with Crippen molar-refractivity contribution in [2.24, 2.45) is 10.9 Å². The predicted octanol–water partition coefficient (Wildman–Crippen LogP) is 2.76. The molecule has 0 aliphatic carbocycles. The molecule has 1 saturated heterocycles. The Hall–Kier alpha value is -0.410. The lowest BCUT2D eigenvalue weighted by atomic mass is 10.1. The third-order valence-corrected chi connectivity index (χ3v) is 4.66. The zero-order valence-corrected chi connectivity index (χ0v) is 16.8. The smallest absolute Gasteiger partial charge is 0.194 e. The van der Waals surface area contributed by atoms with Crippen molar-refractivity contribution in [1.82, 2.24) is 15.2 Å². The van der Waals surface area contributed by atoms with Gasteiger partial charge in [-0.3, -0.25) is 0 Å². The molecular weight excluding hydrogens is 411 g/mol. The van der Waals surface area contributed by atoms with Gasteiger partial charge >= 0.3 is 0 Å². The van der Waals surface area contributed by atoms with Gasteiger partial charge in [-0.15, -0.1) is 35.3 Å². The van der Waals surface area contributed by atoms with Crippen LogP contribution in [0.3, 0.4) is 0 Å². The van der Waals surface area contributed by atoms with E-state index in [0.717, 1.165) is 44.3 Å². The molecule has 1 aromatic rings. The first kappa shape index (κ1) is 19.6. The van der Waals surface area contributed by atoms with E-state index in [2.05, 4.69) is 34.4 Å². The molecule has 0 aromatic carbocycles. The highest BCUT2D eigenvalue weighted by Gasteiger charge is 2.24. The molecule has 0 saturated carbocycles. The monoisotopic (exact) mass is 438 g/mol. The van der Waals surface area contributed by atoms with E-state index in [1.165, 1.54) is 11.4 Å². The van der Waals surface area contributed by atoms with Crippen LogP contribution in [0, 0.1) is 5.92 Å². The lowest BCUT2D eigenvalue weighted by molar-refractivity contribution is 0.157. The number of aliphatic imine (C=N–C) groups is 1. The van der Waals surface area contributed by atoms with Gasteiger partial charge in [0.25, 0.3) is 0 Å². The maximum atomic E-state index is 5.26. The number of guanidine groups is 1. The largest absolute Gasteiger partial charge is 0.384 e. The van der Waals surface area contributed by atoms with E-state index >= 15 is 0 Å². The van der Waals surface area contributed by atoms with Crippen LogP contribution in [-0.2, 0) is 17.7 Å². The van der Waals surface area contributed by atoms with Crippen molar-refractivity contribution in [2.45, 2.75) is 33.2 Å². The second-order valence-electron chi connectivity index (χ2n) is 5.31. The summed E-state index contributed by atoms with van der Waals surface area (Å²) in [4.78, 5) is 11.7. The van der Waals surface area contributed by atoms with Crippen molar-refractivity contribution in [1.29, 1.82) is 0 Å². The molecule has 1 aromatic heterocycles. The highest BCUT2D eigenvalue weighted by molar-refractivity contribution is 14.0. The number of nitrogens with one attached hydrogen (secondary N) is 1. The molecule has 1 aliphatic heterocycles. The zero-order valence-electron chi connectivity index (χ0n) is 13.7. The molecule has 7 heteroatoms. The molecule has 0 amide bonds. The second kappa shape index (κ2) is 10.4. The number of hydrogen-bond acceptors (Lipinski definition) is 4. The van der Waals surface area contributed by atoms with Crippen LogP contribution in [-0.4, -0.2) is 49.2 Å². The molecule has 5 nitrogen and oxygen atoms in total. The first-order valence-corrected chi connectivity index (χ1v) is 8.60. The minimum Gasteiger partial charge on any atom is -0.384 e. The van der Waals surface area contributed by atoms with Crippen LogP contribution >= 0.6 is 35.3 Å². The van der Waals surface area contributed by atoms with Crippen LogP contribution in [0.25, 0.3) is 0 Å². The zero-order chi connectivity index (χ0) is 15.1. The molecular formula is C15H27IN4OS. The van der Waals surface area contributed by atoms with E-state index in [1.54, 1.807) is 18.4 Å². The highest BCUT2D eigenvalue weighted by Crippen LogP contribution is 2.17. The Labute approximate surface area is 154 Å². The van der Waals surface area contributed by atoms with Crippen molar-refractivity contribution >= 4 is 41.3 Å². The standard InChI is InChI=1S/C15H26N4OS.HI/c1-4-14-18-13(11-21-14)8-17-15(16-5-2)19-7-6-12(9-19)10-20-3;/h11-12H,4-10H2,1-3H3,(H,16,17);1H. The number of aromatic nitrogens is 1.